The molecule has 1 rings (SSSR count). The van der Waals surface area contributed by atoms with Crippen LogP contribution >= 0.6 is 0 Å². The Morgan fingerprint density at radius 1 is 1.33 bits per heavy atom. The Hall–Kier alpha value is -1.34. The molecule has 0 amide bonds. The van der Waals surface area contributed by atoms with Crippen LogP contribution in [-0.4, -0.2) is 23.7 Å². The lowest BCUT2D eigenvalue weighted by Gasteiger charge is -2.19. The summed E-state index contributed by atoms with van der Waals surface area (Å²) in [6.07, 6.45) is -9.39. The van der Waals surface area contributed by atoms with E-state index in [1.165, 1.54) is 19.1 Å². The standard InChI is InChI=1S/C11H13F4NO2/c1-6(17)9(16)7-3-2-4-8(5-7)18-11(14,15)10(12)13/h2-6,9-10,17H,16H2,1H3/t6-,9-/m1/s1. The SMILES string of the molecule is C[C@@H](O)[C@@H](N)c1cccc(OC(F)(F)C(F)F)c1. The van der Waals surface area contributed by atoms with Gasteiger partial charge in [0, 0.05) is 0 Å². The summed E-state index contributed by atoms with van der Waals surface area (Å²) >= 11 is 0. The zero-order valence-corrected chi connectivity index (χ0v) is 9.49. The van der Waals surface area contributed by atoms with E-state index in [9.17, 15) is 22.7 Å². The van der Waals surface area contributed by atoms with Crippen molar-refractivity contribution in [2.75, 3.05) is 0 Å². The molecule has 7 heteroatoms. The van der Waals surface area contributed by atoms with Crippen LogP contribution < -0.4 is 10.5 Å². The molecule has 0 aliphatic rings. The second-order valence-corrected chi connectivity index (χ2v) is 3.80. The third-order valence-corrected chi connectivity index (χ3v) is 2.27. The molecule has 3 nitrogen and oxygen atoms in total. The predicted octanol–water partition coefficient (Wildman–Crippen LogP) is 2.30. The van der Waals surface area contributed by atoms with E-state index in [-0.39, 0.29) is 0 Å². The van der Waals surface area contributed by atoms with Gasteiger partial charge in [0.2, 0.25) is 0 Å². The molecule has 0 bridgehead atoms. The van der Waals surface area contributed by atoms with Crippen LogP contribution in [0.5, 0.6) is 5.75 Å². The maximum absolute atomic E-state index is 12.7. The lowest BCUT2D eigenvalue weighted by Crippen LogP contribution is -2.33. The van der Waals surface area contributed by atoms with Crippen LogP contribution in [-0.2, 0) is 0 Å². The van der Waals surface area contributed by atoms with Crippen LogP contribution in [0.3, 0.4) is 0 Å². The minimum Gasteiger partial charge on any atom is -0.428 e. The molecule has 2 atom stereocenters. The number of rotatable bonds is 5. The zero-order valence-electron chi connectivity index (χ0n) is 9.49. The number of ether oxygens (including phenoxy) is 1. The highest BCUT2D eigenvalue weighted by molar-refractivity contribution is 5.31. The smallest absolute Gasteiger partial charge is 0.428 e. The van der Waals surface area contributed by atoms with E-state index < -0.39 is 30.4 Å². The monoisotopic (exact) mass is 267 g/mol. The van der Waals surface area contributed by atoms with Gasteiger partial charge in [-0.2, -0.15) is 17.6 Å². The van der Waals surface area contributed by atoms with E-state index >= 15 is 0 Å². The highest BCUT2D eigenvalue weighted by Crippen LogP contribution is 2.29. The van der Waals surface area contributed by atoms with Crippen LogP contribution in [0.15, 0.2) is 24.3 Å². The van der Waals surface area contributed by atoms with Gasteiger partial charge in [0.1, 0.15) is 5.75 Å². The minimum atomic E-state index is -4.56. The van der Waals surface area contributed by atoms with Crippen molar-refractivity contribution in [1.82, 2.24) is 0 Å². The number of aliphatic hydroxyl groups is 1. The number of hydrogen-bond acceptors (Lipinski definition) is 3. The van der Waals surface area contributed by atoms with Crippen molar-refractivity contribution >= 4 is 0 Å². The van der Waals surface area contributed by atoms with Crippen molar-refractivity contribution in [2.24, 2.45) is 5.73 Å². The molecule has 0 aliphatic carbocycles. The Bertz CT molecular complexity index is 398. The first-order valence-corrected chi connectivity index (χ1v) is 5.12. The normalized spacial score (nSPS) is 15.6. The molecule has 3 N–H and O–H groups in total. The van der Waals surface area contributed by atoms with E-state index in [4.69, 9.17) is 5.73 Å². The van der Waals surface area contributed by atoms with Crippen molar-refractivity contribution in [1.29, 1.82) is 0 Å². The second kappa shape index (κ2) is 5.53. The molecule has 18 heavy (non-hydrogen) atoms. The molecule has 102 valence electrons. The molecule has 0 unspecified atom stereocenters. The minimum absolute atomic E-state index is 0.313. The molecule has 0 saturated heterocycles. The van der Waals surface area contributed by atoms with Crippen molar-refractivity contribution in [3.63, 3.8) is 0 Å². The average Bonchev–Trinajstić information content (AvgIpc) is 2.27. The summed E-state index contributed by atoms with van der Waals surface area (Å²) in [5, 5.41) is 9.25. The molecule has 0 aliphatic heterocycles. The van der Waals surface area contributed by atoms with Crippen LogP contribution in [0.2, 0.25) is 0 Å². The van der Waals surface area contributed by atoms with Gasteiger partial charge >= 0.3 is 12.5 Å². The Kier molecular flexibility index (Phi) is 4.53. The first-order chi connectivity index (χ1) is 8.24. The number of aliphatic hydroxyl groups excluding tert-OH is 1. The van der Waals surface area contributed by atoms with Gasteiger partial charge in [-0.15, -0.1) is 0 Å². The molecule has 0 radical (unpaired) electrons. The van der Waals surface area contributed by atoms with Crippen molar-refractivity contribution < 1.29 is 27.4 Å². The maximum Gasteiger partial charge on any atom is 0.461 e. The summed E-state index contributed by atoms with van der Waals surface area (Å²) in [6.45, 7) is 1.42. The number of halogens is 4. The fraction of sp³-hybridized carbons (Fsp3) is 0.455. The summed E-state index contributed by atoms with van der Waals surface area (Å²) in [6, 6.07) is 4.19. The predicted molar refractivity (Wildman–Crippen MR) is 56.6 cm³/mol. The molecule has 0 aromatic heterocycles. The number of benzene rings is 1. The van der Waals surface area contributed by atoms with Gasteiger partial charge in [-0.3, -0.25) is 0 Å². The second-order valence-electron chi connectivity index (χ2n) is 3.80. The fourth-order valence-electron chi connectivity index (χ4n) is 1.27. The molecule has 0 heterocycles. The molecule has 0 spiro atoms. The Morgan fingerprint density at radius 2 is 1.94 bits per heavy atom. The summed E-state index contributed by atoms with van der Waals surface area (Å²) in [5.74, 6) is -0.436. The number of hydrogen-bond donors (Lipinski definition) is 2. The summed E-state index contributed by atoms with van der Waals surface area (Å²) < 4.78 is 53.1. The molecular weight excluding hydrogens is 254 g/mol. The highest BCUT2D eigenvalue weighted by atomic mass is 19.3. The van der Waals surface area contributed by atoms with Gasteiger partial charge in [-0.25, -0.2) is 0 Å². The average molecular weight is 267 g/mol. The number of alkyl halides is 4. The zero-order chi connectivity index (χ0) is 13.9. The third kappa shape index (κ3) is 3.58. The third-order valence-electron chi connectivity index (χ3n) is 2.27. The molecular formula is C11H13F4NO2. The van der Waals surface area contributed by atoms with Gasteiger partial charge < -0.3 is 15.6 Å². The van der Waals surface area contributed by atoms with Gasteiger partial charge in [-0.05, 0) is 24.6 Å². The quantitative estimate of drug-likeness (QED) is 0.805. The Labute approximate surface area is 101 Å². The van der Waals surface area contributed by atoms with E-state index in [1.54, 1.807) is 0 Å². The van der Waals surface area contributed by atoms with Gasteiger partial charge in [0.05, 0.1) is 12.1 Å². The molecule has 1 aromatic rings. The van der Waals surface area contributed by atoms with Gasteiger partial charge in [-0.1, -0.05) is 12.1 Å². The van der Waals surface area contributed by atoms with Gasteiger partial charge in [0.15, 0.2) is 0 Å². The first-order valence-electron chi connectivity index (χ1n) is 5.12. The lowest BCUT2D eigenvalue weighted by molar-refractivity contribution is -0.253. The maximum atomic E-state index is 12.7. The van der Waals surface area contributed by atoms with E-state index in [0.717, 1.165) is 12.1 Å². The van der Waals surface area contributed by atoms with Crippen molar-refractivity contribution in [3.05, 3.63) is 29.8 Å². The van der Waals surface area contributed by atoms with Crippen LogP contribution in [0.25, 0.3) is 0 Å². The van der Waals surface area contributed by atoms with Crippen molar-refractivity contribution in [2.45, 2.75) is 31.6 Å². The van der Waals surface area contributed by atoms with E-state index in [0.29, 0.717) is 5.56 Å². The summed E-state index contributed by atoms with van der Waals surface area (Å²) in [4.78, 5) is 0. The summed E-state index contributed by atoms with van der Waals surface area (Å²) in [5.41, 5.74) is 5.90. The van der Waals surface area contributed by atoms with Crippen LogP contribution in [0.4, 0.5) is 17.6 Å². The topological polar surface area (TPSA) is 55.5 Å². The largest absolute Gasteiger partial charge is 0.461 e. The highest BCUT2D eigenvalue weighted by Gasteiger charge is 2.44. The van der Waals surface area contributed by atoms with E-state index in [1.807, 2.05) is 0 Å². The first kappa shape index (κ1) is 14.7. The Balaban J connectivity index is 2.89. The van der Waals surface area contributed by atoms with E-state index in [2.05, 4.69) is 4.74 Å². The number of nitrogens with two attached hydrogens (primary N) is 1. The van der Waals surface area contributed by atoms with Crippen molar-refractivity contribution in [3.8, 4) is 5.75 Å². The molecule has 1 aromatic carbocycles. The molecule has 0 fully saturated rings. The van der Waals surface area contributed by atoms with Crippen LogP contribution in [0, 0.1) is 0 Å². The molecule has 0 saturated carbocycles. The fourth-order valence-corrected chi connectivity index (χ4v) is 1.27. The summed E-state index contributed by atoms with van der Waals surface area (Å²) in [7, 11) is 0. The van der Waals surface area contributed by atoms with Crippen LogP contribution in [0.1, 0.15) is 18.5 Å². The Morgan fingerprint density at radius 3 is 2.44 bits per heavy atom. The van der Waals surface area contributed by atoms with Gasteiger partial charge in [0.25, 0.3) is 0 Å². The lowest BCUT2D eigenvalue weighted by atomic mass is 10.0.